The number of allylic oxidation sites excluding steroid dienone is 1. The molecule has 0 aromatic carbocycles. The molecule has 3 rings (SSSR count). The Morgan fingerprint density at radius 1 is 1.50 bits per heavy atom. The Balaban J connectivity index is 1.66. The molecule has 2 atom stereocenters. The first kappa shape index (κ1) is 14.6. The van der Waals surface area contributed by atoms with E-state index in [4.69, 9.17) is 4.74 Å². The zero-order valence-electron chi connectivity index (χ0n) is 12.7. The number of urea groups is 1. The first-order chi connectivity index (χ1) is 10.8. The predicted molar refractivity (Wildman–Crippen MR) is 82.5 cm³/mol. The standard InChI is InChI=1S/C15H21N5O2/c1-16-14-13(12-5-2-3-10-22-12)20(15(21)18-14)8-4-7-19-9-6-17-11-19/h3,6,9-13H,2,4-5,7-8H2,1H3,(H,16,18,21). The summed E-state index contributed by atoms with van der Waals surface area (Å²) in [6, 6.07) is -0.209. The molecule has 118 valence electrons. The van der Waals surface area contributed by atoms with Crippen molar-refractivity contribution in [1.82, 2.24) is 19.8 Å². The van der Waals surface area contributed by atoms with Crippen molar-refractivity contribution in [2.45, 2.75) is 38.0 Å². The second-order valence-electron chi connectivity index (χ2n) is 5.45. The van der Waals surface area contributed by atoms with E-state index in [2.05, 4.69) is 15.3 Å². The lowest BCUT2D eigenvalue weighted by Gasteiger charge is -2.31. The van der Waals surface area contributed by atoms with Gasteiger partial charge in [-0.3, -0.25) is 10.3 Å². The Bertz CT molecular complexity index is 566. The monoisotopic (exact) mass is 303 g/mol. The summed E-state index contributed by atoms with van der Waals surface area (Å²) in [5.41, 5.74) is 0. The quantitative estimate of drug-likeness (QED) is 0.893. The minimum absolute atomic E-state index is 0.0316. The van der Waals surface area contributed by atoms with E-state index in [0.29, 0.717) is 12.4 Å². The molecule has 7 nitrogen and oxygen atoms in total. The molecule has 1 aromatic heterocycles. The van der Waals surface area contributed by atoms with Gasteiger partial charge >= 0.3 is 6.03 Å². The van der Waals surface area contributed by atoms with Gasteiger partial charge in [-0.1, -0.05) is 0 Å². The molecule has 0 bridgehead atoms. The normalized spacial score (nSPS) is 26.3. The summed E-state index contributed by atoms with van der Waals surface area (Å²) in [5.74, 6) is 0.702. The molecule has 0 saturated carbocycles. The fourth-order valence-electron chi connectivity index (χ4n) is 2.96. The Kier molecular flexibility index (Phi) is 4.41. The number of amidine groups is 1. The van der Waals surface area contributed by atoms with Gasteiger partial charge in [0.15, 0.2) is 0 Å². The number of aromatic nitrogens is 2. The first-order valence-corrected chi connectivity index (χ1v) is 7.60. The molecule has 2 aliphatic heterocycles. The van der Waals surface area contributed by atoms with Crippen LogP contribution in [0, 0.1) is 0 Å². The third kappa shape index (κ3) is 2.98. The fourth-order valence-corrected chi connectivity index (χ4v) is 2.96. The zero-order chi connectivity index (χ0) is 15.4. The van der Waals surface area contributed by atoms with Crippen LogP contribution in [0.15, 0.2) is 36.1 Å². The van der Waals surface area contributed by atoms with Crippen molar-refractivity contribution in [2.24, 2.45) is 4.99 Å². The van der Waals surface area contributed by atoms with Crippen LogP contribution in [-0.2, 0) is 11.3 Å². The number of nitrogens with zero attached hydrogens (tertiary/aromatic N) is 4. The van der Waals surface area contributed by atoms with Crippen molar-refractivity contribution in [1.29, 1.82) is 0 Å². The molecule has 0 radical (unpaired) electrons. The van der Waals surface area contributed by atoms with Crippen LogP contribution in [0.5, 0.6) is 0 Å². The molecular weight excluding hydrogens is 282 g/mol. The van der Waals surface area contributed by atoms with Crippen molar-refractivity contribution < 1.29 is 9.53 Å². The molecule has 1 aromatic rings. The van der Waals surface area contributed by atoms with Gasteiger partial charge in [-0.25, -0.2) is 9.78 Å². The van der Waals surface area contributed by atoms with Crippen molar-refractivity contribution in [3.8, 4) is 0 Å². The molecule has 2 unspecified atom stereocenters. The smallest absolute Gasteiger partial charge is 0.323 e. The topological polar surface area (TPSA) is 71.8 Å². The Morgan fingerprint density at radius 3 is 3.09 bits per heavy atom. The van der Waals surface area contributed by atoms with E-state index < -0.39 is 0 Å². The third-order valence-electron chi connectivity index (χ3n) is 4.05. The number of aryl methyl sites for hydroxylation is 1. The molecule has 1 fully saturated rings. The number of nitrogens with one attached hydrogen (secondary N) is 1. The number of hydrogen-bond donors (Lipinski definition) is 1. The van der Waals surface area contributed by atoms with Crippen LogP contribution in [0.25, 0.3) is 0 Å². The minimum Gasteiger partial charge on any atom is -0.496 e. The Morgan fingerprint density at radius 2 is 2.41 bits per heavy atom. The predicted octanol–water partition coefficient (Wildman–Crippen LogP) is 1.39. The third-order valence-corrected chi connectivity index (χ3v) is 4.05. The van der Waals surface area contributed by atoms with E-state index in [1.54, 1.807) is 25.8 Å². The van der Waals surface area contributed by atoms with Gasteiger partial charge in [-0.2, -0.15) is 0 Å². The number of aliphatic imine (C=N–C) groups is 1. The summed E-state index contributed by atoms with van der Waals surface area (Å²) in [5, 5.41) is 2.86. The second kappa shape index (κ2) is 6.64. The van der Waals surface area contributed by atoms with E-state index in [-0.39, 0.29) is 18.2 Å². The SMILES string of the molecule is C/N=C1/NC(=O)N(CCCn2ccnc2)C1C1CCC=CO1. The number of carbonyl (C=O) groups is 1. The van der Waals surface area contributed by atoms with E-state index in [1.807, 2.05) is 21.7 Å². The van der Waals surface area contributed by atoms with Crippen LogP contribution in [0.4, 0.5) is 4.79 Å². The van der Waals surface area contributed by atoms with E-state index in [0.717, 1.165) is 25.8 Å². The van der Waals surface area contributed by atoms with Gasteiger partial charge in [0.2, 0.25) is 0 Å². The van der Waals surface area contributed by atoms with Gasteiger partial charge in [0.05, 0.1) is 12.6 Å². The van der Waals surface area contributed by atoms with Crippen molar-refractivity contribution in [2.75, 3.05) is 13.6 Å². The van der Waals surface area contributed by atoms with Gasteiger partial charge in [0, 0.05) is 32.5 Å². The highest BCUT2D eigenvalue weighted by Gasteiger charge is 2.42. The molecule has 7 heteroatoms. The van der Waals surface area contributed by atoms with Gasteiger partial charge in [0.25, 0.3) is 0 Å². The molecule has 0 aliphatic carbocycles. The summed E-state index contributed by atoms with van der Waals surface area (Å²) in [6.45, 7) is 1.50. The van der Waals surface area contributed by atoms with E-state index >= 15 is 0 Å². The highest BCUT2D eigenvalue weighted by atomic mass is 16.5. The Hall–Kier alpha value is -2.31. The number of rotatable bonds is 5. The van der Waals surface area contributed by atoms with E-state index in [9.17, 15) is 4.79 Å². The van der Waals surface area contributed by atoms with Crippen LogP contribution in [0.3, 0.4) is 0 Å². The van der Waals surface area contributed by atoms with Crippen molar-refractivity contribution in [3.05, 3.63) is 31.1 Å². The Labute approximate surface area is 129 Å². The number of amides is 2. The van der Waals surface area contributed by atoms with Gasteiger partial charge in [-0.15, -0.1) is 0 Å². The van der Waals surface area contributed by atoms with Crippen LogP contribution < -0.4 is 5.32 Å². The van der Waals surface area contributed by atoms with Crippen LogP contribution in [-0.4, -0.2) is 52.1 Å². The summed E-state index contributed by atoms with van der Waals surface area (Å²) in [7, 11) is 1.70. The lowest BCUT2D eigenvalue weighted by atomic mass is 10.0. The second-order valence-corrected chi connectivity index (χ2v) is 5.45. The maximum Gasteiger partial charge on any atom is 0.323 e. The van der Waals surface area contributed by atoms with Gasteiger partial charge in [-0.05, 0) is 25.3 Å². The molecule has 1 N–H and O–H groups in total. The molecule has 2 aliphatic rings. The maximum atomic E-state index is 12.2. The molecule has 22 heavy (non-hydrogen) atoms. The lowest BCUT2D eigenvalue weighted by molar-refractivity contribution is 0.0730. The van der Waals surface area contributed by atoms with Crippen molar-refractivity contribution >= 4 is 11.9 Å². The molecule has 3 heterocycles. The number of ether oxygens (including phenoxy) is 1. The maximum absolute atomic E-state index is 12.2. The number of imidazole rings is 1. The highest BCUT2D eigenvalue weighted by Crippen LogP contribution is 2.23. The minimum atomic E-state index is -0.120. The van der Waals surface area contributed by atoms with E-state index in [1.165, 1.54) is 0 Å². The molecule has 1 saturated heterocycles. The first-order valence-electron chi connectivity index (χ1n) is 7.60. The molecular formula is C15H21N5O2. The van der Waals surface area contributed by atoms with Gasteiger partial charge < -0.3 is 14.2 Å². The summed E-state index contributed by atoms with van der Waals surface area (Å²) in [6.07, 6.45) is 11.9. The summed E-state index contributed by atoms with van der Waals surface area (Å²) in [4.78, 5) is 22.3. The number of carbonyl (C=O) groups excluding carboxylic acids is 1. The van der Waals surface area contributed by atoms with Crippen LogP contribution in [0.2, 0.25) is 0 Å². The summed E-state index contributed by atoms with van der Waals surface area (Å²) >= 11 is 0. The highest BCUT2D eigenvalue weighted by molar-refractivity contribution is 6.07. The van der Waals surface area contributed by atoms with Gasteiger partial charge in [0.1, 0.15) is 18.0 Å². The van der Waals surface area contributed by atoms with Crippen molar-refractivity contribution in [3.63, 3.8) is 0 Å². The molecule has 0 spiro atoms. The summed E-state index contributed by atoms with van der Waals surface area (Å²) < 4.78 is 7.73. The number of hydrogen-bond acceptors (Lipinski definition) is 4. The average Bonchev–Trinajstić information content (AvgIpc) is 3.16. The zero-order valence-corrected chi connectivity index (χ0v) is 12.7. The largest absolute Gasteiger partial charge is 0.496 e. The van der Waals surface area contributed by atoms with Crippen LogP contribution >= 0.6 is 0 Å². The molecule has 2 amide bonds. The lowest BCUT2D eigenvalue weighted by Crippen LogP contribution is -2.45. The average molecular weight is 303 g/mol. The fraction of sp³-hybridized carbons (Fsp3) is 0.533. The van der Waals surface area contributed by atoms with Crippen LogP contribution in [0.1, 0.15) is 19.3 Å².